The zero-order valence-corrected chi connectivity index (χ0v) is 11.9. The zero-order valence-electron chi connectivity index (χ0n) is 11.9. The topological polar surface area (TPSA) is 44.8 Å². The Morgan fingerprint density at radius 1 is 1.32 bits per heavy atom. The standard InChI is InChI=1S/C15H20O4/c1-5-15(6-2)9-11-10(14(16)18-4)7-8-12(17-3)13(11)19-15/h7-8H,5-6,9H2,1-4H3. The van der Waals surface area contributed by atoms with Gasteiger partial charge < -0.3 is 14.2 Å². The summed E-state index contributed by atoms with van der Waals surface area (Å²) in [7, 11) is 3.00. The number of methoxy groups -OCH3 is 2. The van der Waals surface area contributed by atoms with Gasteiger partial charge in [-0.1, -0.05) is 13.8 Å². The molecule has 0 fully saturated rings. The first-order valence-electron chi connectivity index (χ1n) is 6.58. The molecular formula is C15H20O4. The highest BCUT2D eigenvalue weighted by atomic mass is 16.5. The summed E-state index contributed by atoms with van der Waals surface area (Å²) in [6, 6.07) is 3.50. The molecule has 0 aliphatic carbocycles. The molecule has 1 heterocycles. The quantitative estimate of drug-likeness (QED) is 0.784. The van der Waals surface area contributed by atoms with Crippen molar-refractivity contribution in [1.29, 1.82) is 0 Å². The van der Waals surface area contributed by atoms with Gasteiger partial charge in [0.1, 0.15) is 5.60 Å². The van der Waals surface area contributed by atoms with Gasteiger partial charge in [0.25, 0.3) is 0 Å². The Morgan fingerprint density at radius 2 is 2.00 bits per heavy atom. The number of ether oxygens (including phenoxy) is 3. The Kier molecular flexibility index (Phi) is 3.69. The van der Waals surface area contributed by atoms with Gasteiger partial charge in [-0.25, -0.2) is 4.79 Å². The van der Waals surface area contributed by atoms with E-state index in [9.17, 15) is 4.79 Å². The summed E-state index contributed by atoms with van der Waals surface area (Å²) in [5.41, 5.74) is 1.23. The largest absolute Gasteiger partial charge is 0.493 e. The van der Waals surface area contributed by atoms with Crippen molar-refractivity contribution < 1.29 is 19.0 Å². The number of hydrogen-bond acceptors (Lipinski definition) is 4. The van der Waals surface area contributed by atoms with Crippen molar-refractivity contribution in [2.24, 2.45) is 0 Å². The Bertz CT molecular complexity index is 489. The molecule has 0 unspecified atom stereocenters. The molecule has 2 rings (SSSR count). The first-order valence-corrected chi connectivity index (χ1v) is 6.58. The summed E-state index contributed by atoms with van der Waals surface area (Å²) in [6.45, 7) is 4.19. The molecule has 1 aromatic carbocycles. The van der Waals surface area contributed by atoms with Gasteiger partial charge in [-0.2, -0.15) is 0 Å². The molecule has 4 nitrogen and oxygen atoms in total. The van der Waals surface area contributed by atoms with Gasteiger partial charge in [0.05, 0.1) is 19.8 Å². The van der Waals surface area contributed by atoms with Crippen molar-refractivity contribution in [2.75, 3.05) is 14.2 Å². The van der Waals surface area contributed by atoms with E-state index in [4.69, 9.17) is 14.2 Å². The van der Waals surface area contributed by atoms with E-state index in [1.54, 1.807) is 19.2 Å². The average molecular weight is 264 g/mol. The Balaban J connectivity index is 2.52. The minimum atomic E-state index is -0.328. The van der Waals surface area contributed by atoms with E-state index in [2.05, 4.69) is 13.8 Å². The van der Waals surface area contributed by atoms with Gasteiger partial charge in [-0.3, -0.25) is 0 Å². The lowest BCUT2D eigenvalue weighted by molar-refractivity contribution is 0.0599. The summed E-state index contributed by atoms with van der Waals surface area (Å²) in [5.74, 6) is 1.03. The second-order valence-electron chi connectivity index (χ2n) is 4.78. The highest BCUT2D eigenvalue weighted by Crippen LogP contribution is 2.46. The average Bonchev–Trinajstić information content (AvgIpc) is 2.85. The third-order valence-corrected chi connectivity index (χ3v) is 3.96. The molecule has 0 spiro atoms. The van der Waals surface area contributed by atoms with Crippen LogP contribution in [0, 0.1) is 0 Å². The zero-order chi connectivity index (χ0) is 14.0. The predicted octanol–water partition coefficient (Wildman–Crippen LogP) is 2.98. The Morgan fingerprint density at radius 3 is 2.53 bits per heavy atom. The fraction of sp³-hybridized carbons (Fsp3) is 0.533. The number of esters is 1. The molecule has 0 atom stereocenters. The number of fused-ring (bicyclic) bond motifs is 1. The number of rotatable bonds is 4. The lowest BCUT2D eigenvalue weighted by Gasteiger charge is -2.25. The number of benzene rings is 1. The lowest BCUT2D eigenvalue weighted by Crippen LogP contribution is -2.32. The minimum Gasteiger partial charge on any atom is -0.493 e. The van der Waals surface area contributed by atoms with E-state index in [-0.39, 0.29) is 11.6 Å². The van der Waals surface area contributed by atoms with E-state index >= 15 is 0 Å². The molecule has 0 saturated heterocycles. The summed E-state index contributed by atoms with van der Waals surface area (Å²) in [4.78, 5) is 11.8. The molecular weight excluding hydrogens is 244 g/mol. The molecule has 1 aliphatic rings. The van der Waals surface area contributed by atoms with Crippen LogP contribution in [0.1, 0.15) is 42.6 Å². The van der Waals surface area contributed by atoms with Gasteiger partial charge in [0, 0.05) is 12.0 Å². The van der Waals surface area contributed by atoms with Crippen LogP contribution < -0.4 is 9.47 Å². The Hall–Kier alpha value is -1.71. The monoisotopic (exact) mass is 264 g/mol. The van der Waals surface area contributed by atoms with Crippen molar-refractivity contribution >= 4 is 5.97 Å². The van der Waals surface area contributed by atoms with Crippen LogP contribution >= 0.6 is 0 Å². The highest BCUT2D eigenvalue weighted by Gasteiger charge is 2.40. The van der Waals surface area contributed by atoms with Crippen LogP contribution in [-0.2, 0) is 11.2 Å². The second-order valence-corrected chi connectivity index (χ2v) is 4.78. The molecule has 0 N–H and O–H groups in total. The van der Waals surface area contributed by atoms with Crippen LogP contribution in [-0.4, -0.2) is 25.8 Å². The van der Waals surface area contributed by atoms with Crippen molar-refractivity contribution in [3.8, 4) is 11.5 Å². The van der Waals surface area contributed by atoms with E-state index in [0.29, 0.717) is 17.1 Å². The SMILES string of the molecule is CCC1(CC)Cc2c(C(=O)OC)ccc(OC)c2O1. The van der Waals surface area contributed by atoms with Gasteiger partial charge in [-0.05, 0) is 25.0 Å². The number of carbonyl (C=O) groups is 1. The minimum absolute atomic E-state index is 0.236. The van der Waals surface area contributed by atoms with E-state index in [1.165, 1.54) is 7.11 Å². The molecule has 0 bridgehead atoms. The normalized spacial score (nSPS) is 15.6. The molecule has 0 saturated carbocycles. The van der Waals surface area contributed by atoms with Crippen molar-refractivity contribution in [3.63, 3.8) is 0 Å². The highest BCUT2D eigenvalue weighted by molar-refractivity contribution is 5.92. The predicted molar refractivity (Wildman–Crippen MR) is 72.0 cm³/mol. The van der Waals surface area contributed by atoms with Gasteiger partial charge >= 0.3 is 5.97 Å². The molecule has 1 aliphatic heterocycles. The van der Waals surface area contributed by atoms with Crippen LogP contribution in [0.2, 0.25) is 0 Å². The van der Waals surface area contributed by atoms with Crippen LogP contribution in [0.4, 0.5) is 0 Å². The summed E-state index contributed by atoms with van der Waals surface area (Å²) >= 11 is 0. The molecule has 0 amide bonds. The lowest BCUT2D eigenvalue weighted by atomic mass is 9.90. The fourth-order valence-corrected chi connectivity index (χ4v) is 2.57. The summed E-state index contributed by atoms with van der Waals surface area (Å²) in [6.07, 6.45) is 2.50. The van der Waals surface area contributed by atoms with Crippen LogP contribution in [0.25, 0.3) is 0 Å². The smallest absolute Gasteiger partial charge is 0.338 e. The molecule has 4 heteroatoms. The maximum atomic E-state index is 11.8. The third kappa shape index (κ3) is 2.15. The molecule has 0 radical (unpaired) electrons. The van der Waals surface area contributed by atoms with Gasteiger partial charge in [-0.15, -0.1) is 0 Å². The summed E-state index contributed by atoms with van der Waals surface area (Å²) in [5, 5.41) is 0. The van der Waals surface area contributed by atoms with E-state index < -0.39 is 0 Å². The van der Waals surface area contributed by atoms with Crippen molar-refractivity contribution in [2.45, 2.75) is 38.7 Å². The first kappa shape index (κ1) is 13.7. The van der Waals surface area contributed by atoms with Crippen LogP contribution in [0.5, 0.6) is 11.5 Å². The van der Waals surface area contributed by atoms with E-state index in [1.807, 2.05) is 0 Å². The number of hydrogen-bond donors (Lipinski definition) is 0. The Labute approximate surface area is 113 Å². The first-order chi connectivity index (χ1) is 9.10. The van der Waals surface area contributed by atoms with Crippen molar-refractivity contribution in [1.82, 2.24) is 0 Å². The maximum Gasteiger partial charge on any atom is 0.338 e. The second kappa shape index (κ2) is 5.11. The van der Waals surface area contributed by atoms with E-state index in [0.717, 1.165) is 24.8 Å². The number of carbonyl (C=O) groups excluding carboxylic acids is 1. The van der Waals surface area contributed by atoms with Gasteiger partial charge in [0.15, 0.2) is 11.5 Å². The van der Waals surface area contributed by atoms with Crippen LogP contribution in [0.3, 0.4) is 0 Å². The summed E-state index contributed by atoms with van der Waals surface area (Å²) < 4.78 is 16.3. The third-order valence-electron chi connectivity index (χ3n) is 3.96. The van der Waals surface area contributed by atoms with Gasteiger partial charge in [0.2, 0.25) is 0 Å². The molecule has 19 heavy (non-hydrogen) atoms. The molecule has 1 aromatic rings. The maximum absolute atomic E-state index is 11.8. The van der Waals surface area contributed by atoms with Crippen LogP contribution in [0.15, 0.2) is 12.1 Å². The molecule has 104 valence electrons. The van der Waals surface area contributed by atoms with Crippen molar-refractivity contribution in [3.05, 3.63) is 23.3 Å². The fourth-order valence-electron chi connectivity index (χ4n) is 2.57. The molecule has 0 aromatic heterocycles.